The van der Waals surface area contributed by atoms with Crippen molar-refractivity contribution in [2.75, 3.05) is 0 Å². The maximum Gasteiger partial charge on any atom is 0.255 e. The Labute approximate surface area is 111 Å². The van der Waals surface area contributed by atoms with Gasteiger partial charge in [-0.3, -0.25) is 4.79 Å². The van der Waals surface area contributed by atoms with Crippen LogP contribution in [0.3, 0.4) is 0 Å². The maximum absolute atomic E-state index is 12.0. The molecule has 0 aliphatic carbocycles. The summed E-state index contributed by atoms with van der Waals surface area (Å²) >= 11 is 5.88. The van der Waals surface area contributed by atoms with Crippen LogP contribution < -0.4 is 5.32 Å². The van der Waals surface area contributed by atoms with Crippen LogP contribution in [0.15, 0.2) is 34.9 Å². The van der Waals surface area contributed by atoms with Gasteiger partial charge in [-0.25, -0.2) is 0 Å². The van der Waals surface area contributed by atoms with Gasteiger partial charge in [0, 0.05) is 17.1 Å². The van der Waals surface area contributed by atoms with E-state index in [1.807, 2.05) is 25.1 Å². The number of carbonyl (C=O) groups excluding carboxylic acids is 1. The van der Waals surface area contributed by atoms with Crippen LogP contribution in [-0.2, 0) is 6.54 Å². The molecule has 0 saturated heterocycles. The zero-order valence-corrected chi connectivity index (χ0v) is 11.0. The van der Waals surface area contributed by atoms with E-state index in [0.29, 0.717) is 22.9 Å². The molecule has 0 radical (unpaired) electrons. The van der Waals surface area contributed by atoms with Crippen molar-refractivity contribution in [2.45, 2.75) is 20.4 Å². The number of halogens is 1. The molecule has 2 aromatic rings. The van der Waals surface area contributed by atoms with E-state index in [4.69, 9.17) is 16.0 Å². The fourth-order valence-corrected chi connectivity index (χ4v) is 2.04. The molecule has 0 saturated carbocycles. The van der Waals surface area contributed by atoms with E-state index in [0.717, 1.165) is 11.1 Å². The molecule has 1 aromatic carbocycles. The molecule has 0 spiro atoms. The van der Waals surface area contributed by atoms with E-state index >= 15 is 0 Å². The number of rotatable bonds is 3. The molecule has 0 unspecified atom stereocenters. The summed E-state index contributed by atoms with van der Waals surface area (Å²) in [5, 5.41) is 3.52. The van der Waals surface area contributed by atoms with Crippen molar-refractivity contribution < 1.29 is 9.21 Å². The molecule has 4 heteroatoms. The first-order valence-electron chi connectivity index (χ1n) is 5.65. The highest BCUT2D eigenvalue weighted by molar-refractivity contribution is 6.30. The minimum atomic E-state index is -0.126. The summed E-state index contributed by atoms with van der Waals surface area (Å²) < 4.78 is 5.21. The van der Waals surface area contributed by atoms with E-state index in [1.165, 1.54) is 0 Å². The highest BCUT2D eigenvalue weighted by Gasteiger charge is 2.14. The monoisotopic (exact) mass is 263 g/mol. The van der Waals surface area contributed by atoms with Crippen LogP contribution in [0.25, 0.3) is 0 Å². The Morgan fingerprint density at radius 3 is 2.78 bits per heavy atom. The van der Waals surface area contributed by atoms with Crippen LogP contribution in [0.1, 0.15) is 27.2 Å². The average Bonchev–Trinajstić information content (AvgIpc) is 2.66. The summed E-state index contributed by atoms with van der Waals surface area (Å²) in [6.45, 7) is 4.08. The predicted octanol–water partition coefficient (Wildman–Crippen LogP) is 3.48. The number of nitrogens with one attached hydrogen (secondary N) is 1. The van der Waals surface area contributed by atoms with Crippen molar-refractivity contribution in [3.8, 4) is 0 Å². The van der Waals surface area contributed by atoms with Gasteiger partial charge >= 0.3 is 0 Å². The van der Waals surface area contributed by atoms with E-state index in [2.05, 4.69) is 5.32 Å². The first kappa shape index (κ1) is 12.7. The van der Waals surface area contributed by atoms with Gasteiger partial charge in [-0.15, -0.1) is 0 Å². The molecule has 94 valence electrons. The van der Waals surface area contributed by atoms with Gasteiger partial charge in [0.15, 0.2) is 0 Å². The third kappa shape index (κ3) is 2.74. The van der Waals surface area contributed by atoms with E-state index in [9.17, 15) is 4.79 Å². The summed E-state index contributed by atoms with van der Waals surface area (Å²) in [7, 11) is 0. The minimum Gasteiger partial charge on any atom is -0.469 e. The molecule has 1 N–H and O–H groups in total. The summed E-state index contributed by atoms with van der Waals surface area (Å²) in [6, 6.07) is 7.41. The first-order chi connectivity index (χ1) is 8.58. The lowest BCUT2D eigenvalue weighted by Gasteiger charge is -2.05. The Bertz CT molecular complexity index is 555. The quantitative estimate of drug-likeness (QED) is 0.921. The van der Waals surface area contributed by atoms with Gasteiger partial charge in [-0.1, -0.05) is 23.7 Å². The van der Waals surface area contributed by atoms with Crippen LogP contribution in [0.4, 0.5) is 0 Å². The second kappa shape index (κ2) is 5.27. The van der Waals surface area contributed by atoms with Crippen molar-refractivity contribution in [3.05, 3.63) is 58.0 Å². The van der Waals surface area contributed by atoms with Gasteiger partial charge in [0.1, 0.15) is 5.76 Å². The van der Waals surface area contributed by atoms with Crippen molar-refractivity contribution >= 4 is 17.5 Å². The second-order valence-corrected chi connectivity index (χ2v) is 4.60. The maximum atomic E-state index is 12.0. The van der Waals surface area contributed by atoms with Crippen LogP contribution in [0.5, 0.6) is 0 Å². The summed E-state index contributed by atoms with van der Waals surface area (Å²) in [5.74, 6) is 0.509. The zero-order valence-electron chi connectivity index (χ0n) is 10.3. The Balaban J connectivity index is 2.05. The molecule has 0 aliphatic heterocycles. The van der Waals surface area contributed by atoms with Crippen LogP contribution in [0.2, 0.25) is 5.02 Å². The van der Waals surface area contributed by atoms with Crippen molar-refractivity contribution in [1.82, 2.24) is 5.32 Å². The number of hydrogen-bond donors (Lipinski definition) is 1. The first-order valence-corrected chi connectivity index (χ1v) is 6.03. The van der Waals surface area contributed by atoms with Gasteiger partial charge in [-0.05, 0) is 31.5 Å². The van der Waals surface area contributed by atoms with Gasteiger partial charge in [0.05, 0.1) is 11.8 Å². The Hall–Kier alpha value is -1.74. The summed E-state index contributed by atoms with van der Waals surface area (Å²) in [5.41, 5.74) is 2.42. The summed E-state index contributed by atoms with van der Waals surface area (Å²) in [4.78, 5) is 12.0. The molecular weight excluding hydrogens is 250 g/mol. The Morgan fingerprint density at radius 2 is 2.17 bits per heavy atom. The predicted molar refractivity (Wildman–Crippen MR) is 70.8 cm³/mol. The van der Waals surface area contributed by atoms with Gasteiger partial charge in [0.25, 0.3) is 5.91 Å². The highest BCUT2D eigenvalue weighted by atomic mass is 35.5. The lowest BCUT2D eigenvalue weighted by Crippen LogP contribution is -2.23. The minimum absolute atomic E-state index is 0.126. The fourth-order valence-electron chi connectivity index (χ4n) is 1.83. The van der Waals surface area contributed by atoms with Crippen LogP contribution >= 0.6 is 11.6 Å². The third-order valence-electron chi connectivity index (χ3n) is 2.73. The van der Waals surface area contributed by atoms with E-state index in [-0.39, 0.29) is 5.91 Å². The number of aryl methyl sites for hydroxylation is 2. The third-order valence-corrected chi connectivity index (χ3v) is 2.96. The highest BCUT2D eigenvalue weighted by Crippen LogP contribution is 2.15. The standard InChI is InChI=1S/C14H14ClNO2/c1-9-8-18-10(2)13(9)14(17)16-7-11-4-3-5-12(15)6-11/h3-6,8H,7H2,1-2H3,(H,16,17). The smallest absolute Gasteiger partial charge is 0.255 e. The Kier molecular flexibility index (Phi) is 3.72. The molecule has 1 amide bonds. The van der Waals surface area contributed by atoms with Crippen LogP contribution in [0, 0.1) is 13.8 Å². The van der Waals surface area contributed by atoms with Crippen molar-refractivity contribution in [3.63, 3.8) is 0 Å². The number of furan rings is 1. The molecule has 1 aromatic heterocycles. The zero-order chi connectivity index (χ0) is 13.1. The molecule has 0 fully saturated rings. The van der Waals surface area contributed by atoms with Crippen LogP contribution in [-0.4, -0.2) is 5.91 Å². The number of carbonyl (C=O) groups is 1. The molecule has 0 atom stereocenters. The average molecular weight is 264 g/mol. The number of amides is 1. The molecule has 0 bridgehead atoms. The molecule has 0 aliphatic rings. The number of benzene rings is 1. The lowest BCUT2D eigenvalue weighted by molar-refractivity contribution is 0.0949. The summed E-state index contributed by atoms with van der Waals surface area (Å²) in [6.07, 6.45) is 1.59. The lowest BCUT2D eigenvalue weighted by atomic mass is 10.1. The second-order valence-electron chi connectivity index (χ2n) is 4.16. The largest absolute Gasteiger partial charge is 0.469 e. The van der Waals surface area contributed by atoms with E-state index < -0.39 is 0 Å². The van der Waals surface area contributed by atoms with E-state index in [1.54, 1.807) is 19.3 Å². The normalized spacial score (nSPS) is 10.4. The fraction of sp³-hybridized carbons (Fsp3) is 0.214. The molecule has 1 heterocycles. The number of hydrogen-bond acceptors (Lipinski definition) is 2. The van der Waals surface area contributed by atoms with Gasteiger partial charge in [-0.2, -0.15) is 0 Å². The van der Waals surface area contributed by atoms with Gasteiger partial charge < -0.3 is 9.73 Å². The topological polar surface area (TPSA) is 42.2 Å². The molecule has 18 heavy (non-hydrogen) atoms. The Morgan fingerprint density at radius 1 is 1.39 bits per heavy atom. The molecule has 2 rings (SSSR count). The van der Waals surface area contributed by atoms with Gasteiger partial charge in [0.2, 0.25) is 0 Å². The van der Waals surface area contributed by atoms with Crippen molar-refractivity contribution in [2.24, 2.45) is 0 Å². The molecule has 3 nitrogen and oxygen atoms in total. The molecular formula is C14H14ClNO2. The van der Waals surface area contributed by atoms with Crippen molar-refractivity contribution in [1.29, 1.82) is 0 Å². The SMILES string of the molecule is Cc1coc(C)c1C(=O)NCc1cccc(Cl)c1.